The van der Waals surface area contributed by atoms with Crippen LogP contribution in [0.5, 0.6) is 0 Å². The van der Waals surface area contributed by atoms with E-state index in [-0.39, 0.29) is 0 Å². The first-order chi connectivity index (χ1) is 9.28. The second-order valence-electron chi connectivity index (χ2n) is 3.66. The fourth-order valence-corrected chi connectivity index (χ4v) is 1.63. The Hall–Kier alpha value is -1.82. The summed E-state index contributed by atoms with van der Waals surface area (Å²) in [6, 6.07) is 0. The van der Waals surface area contributed by atoms with Crippen molar-refractivity contribution >= 4 is 21.7 Å². The number of allylic oxidation sites excluding steroid dienone is 4. The first kappa shape index (κ1) is 17.2. The Morgan fingerprint density at radius 3 is 2.10 bits per heavy atom. The number of hydrogen-bond donors (Lipinski definition) is 1. The van der Waals surface area contributed by atoms with Crippen molar-refractivity contribution in [2.45, 2.75) is 17.5 Å². The fourth-order valence-electron chi connectivity index (χ4n) is 1.18. The molecular weight excluding hydrogens is 331 g/mol. The molecule has 21 heavy (non-hydrogen) atoms. The van der Waals surface area contributed by atoms with Crippen LogP contribution >= 0.6 is 0 Å². The molecule has 0 radical (unpaired) electrons. The monoisotopic (exact) mass is 336 g/mol. The van der Waals surface area contributed by atoms with Crippen LogP contribution in [0.25, 0.3) is 0 Å². The van der Waals surface area contributed by atoms with E-state index in [1.54, 1.807) is 0 Å². The molecule has 0 aliphatic heterocycles. The molecule has 6 nitrogen and oxygen atoms in total. The van der Waals surface area contributed by atoms with Crippen LogP contribution in [-0.2, 0) is 24.4 Å². The van der Waals surface area contributed by atoms with Crippen LogP contribution in [0, 0.1) is 0 Å². The highest BCUT2D eigenvalue weighted by molar-refractivity contribution is 7.86. The molecule has 0 aromatic heterocycles. The number of hydrogen-bond acceptors (Lipinski definition) is 5. The average Bonchev–Trinajstić information content (AvgIpc) is 2.27. The predicted octanol–water partition coefficient (Wildman–Crippen LogP) is 1.01. The molecule has 0 aromatic rings. The number of carbonyl (C=O) groups is 2. The van der Waals surface area contributed by atoms with E-state index >= 15 is 0 Å². The molecule has 1 N–H and O–H groups in total. The van der Waals surface area contributed by atoms with Crippen molar-refractivity contribution in [1.29, 1.82) is 0 Å². The van der Waals surface area contributed by atoms with Gasteiger partial charge in [-0.2, -0.15) is 30.4 Å². The SMILES string of the molecule is O=C1C=CC=C(OC(C(F)(F)F)C(F)(F)S(=O)(=O)O)C1=O. The normalized spacial score (nSPS) is 18.5. The third kappa shape index (κ3) is 3.44. The highest BCUT2D eigenvalue weighted by Gasteiger charge is 2.65. The summed E-state index contributed by atoms with van der Waals surface area (Å²) in [7, 11) is -6.49. The summed E-state index contributed by atoms with van der Waals surface area (Å²) < 4.78 is 96.4. The molecule has 12 heteroatoms. The molecule has 1 atom stereocenters. The van der Waals surface area contributed by atoms with E-state index in [1.165, 1.54) is 0 Å². The summed E-state index contributed by atoms with van der Waals surface area (Å²) in [6.07, 6.45) is -8.46. The second kappa shape index (κ2) is 5.18. The molecule has 1 aliphatic carbocycles. The van der Waals surface area contributed by atoms with Gasteiger partial charge in [0.1, 0.15) is 0 Å². The Bertz CT molecular complexity index is 630. The molecule has 1 rings (SSSR count). The van der Waals surface area contributed by atoms with E-state index in [4.69, 9.17) is 4.55 Å². The lowest BCUT2D eigenvalue weighted by atomic mass is 10.1. The van der Waals surface area contributed by atoms with Gasteiger partial charge in [-0.25, -0.2) is 0 Å². The minimum atomic E-state index is -6.49. The van der Waals surface area contributed by atoms with Crippen molar-refractivity contribution in [1.82, 2.24) is 0 Å². The summed E-state index contributed by atoms with van der Waals surface area (Å²) in [6.45, 7) is 0. The lowest BCUT2D eigenvalue weighted by Crippen LogP contribution is -2.51. The molecule has 0 aromatic carbocycles. The number of halogens is 5. The Morgan fingerprint density at radius 1 is 1.14 bits per heavy atom. The van der Waals surface area contributed by atoms with Crippen LogP contribution in [0.15, 0.2) is 24.0 Å². The molecule has 0 heterocycles. The van der Waals surface area contributed by atoms with Crippen LogP contribution in [0.1, 0.15) is 0 Å². The standard InChI is InChI=1S/C9H5F5O6S/c10-8(11,12)7(9(13,14)21(17,18)19)20-5-3-1-2-4(15)6(5)16/h1-3,7H,(H,17,18,19). The van der Waals surface area contributed by atoms with Gasteiger partial charge in [0, 0.05) is 0 Å². The lowest BCUT2D eigenvalue weighted by molar-refractivity contribution is -0.253. The molecule has 1 unspecified atom stereocenters. The zero-order valence-electron chi connectivity index (χ0n) is 9.60. The van der Waals surface area contributed by atoms with Crippen molar-refractivity contribution in [3.8, 4) is 0 Å². The first-order valence-electron chi connectivity index (χ1n) is 4.83. The van der Waals surface area contributed by atoms with Gasteiger partial charge in [0.25, 0.3) is 11.9 Å². The minimum absolute atomic E-state index is 0.475. The van der Waals surface area contributed by atoms with Gasteiger partial charge < -0.3 is 4.74 Å². The number of ether oxygens (including phenoxy) is 1. The van der Waals surface area contributed by atoms with Gasteiger partial charge in [0.2, 0.25) is 5.78 Å². The van der Waals surface area contributed by atoms with E-state index in [0.29, 0.717) is 12.2 Å². The molecule has 0 spiro atoms. The molecule has 118 valence electrons. The molecule has 0 fully saturated rings. The van der Waals surface area contributed by atoms with Gasteiger partial charge in [0.05, 0.1) is 0 Å². The maximum atomic E-state index is 13.1. The van der Waals surface area contributed by atoms with Crippen molar-refractivity contribution < 1.29 is 49.2 Å². The summed E-state index contributed by atoms with van der Waals surface area (Å²) in [5, 5.41) is -5.78. The predicted molar refractivity (Wildman–Crippen MR) is 54.7 cm³/mol. The quantitative estimate of drug-likeness (QED) is 0.356. The summed E-state index contributed by atoms with van der Waals surface area (Å²) >= 11 is 0. The number of alkyl halides is 5. The Labute approximate surface area is 113 Å². The highest BCUT2D eigenvalue weighted by Crippen LogP contribution is 2.39. The number of ketones is 2. The van der Waals surface area contributed by atoms with E-state index in [1.807, 2.05) is 0 Å². The zero-order valence-corrected chi connectivity index (χ0v) is 10.4. The molecule has 0 amide bonds. The van der Waals surface area contributed by atoms with Gasteiger partial charge >= 0.3 is 21.5 Å². The summed E-state index contributed by atoms with van der Waals surface area (Å²) in [5.74, 6) is -4.44. The molecule has 1 aliphatic rings. The lowest BCUT2D eigenvalue weighted by Gasteiger charge is -2.27. The van der Waals surface area contributed by atoms with E-state index in [0.717, 1.165) is 6.08 Å². The maximum Gasteiger partial charge on any atom is 0.432 e. The van der Waals surface area contributed by atoms with Crippen LogP contribution in [0.4, 0.5) is 22.0 Å². The minimum Gasteiger partial charge on any atom is -0.469 e. The fraction of sp³-hybridized carbons (Fsp3) is 0.333. The van der Waals surface area contributed by atoms with Crippen molar-refractivity contribution in [3.63, 3.8) is 0 Å². The zero-order chi connectivity index (χ0) is 16.6. The summed E-state index contributed by atoms with van der Waals surface area (Å²) in [4.78, 5) is 22.0. The van der Waals surface area contributed by atoms with E-state index in [9.17, 15) is 40.0 Å². The smallest absolute Gasteiger partial charge is 0.432 e. The number of rotatable bonds is 4. The van der Waals surface area contributed by atoms with Gasteiger partial charge in [-0.15, -0.1) is 0 Å². The van der Waals surface area contributed by atoms with Crippen molar-refractivity contribution in [2.24, 2.45) is 0 Å². The van der Waals surface area contributed by atoms with Gasteiger partial charge in [0.15, 0.2) is 5.76 Å². The molecule has 0 saturated carbocycles. The Morgan fingerprint density at radius 2 is 1.67 bits per heavy atom. The topological polar surface area (TPSA) is 97.7 Å². The van der Waals surface area contributed by atoms with Crippen LogP contribution in [-0.4, -0.2) is 42.1 Å². The third-order valence-corrected chi connectivity index (χ3v) is 3.04. The maximum absolute atomic E-state index is 13.1. The molecule has 0 bridgehead atoms. The van der Waals surface area contributed by atoms with Gasteiger partial charge in [-0.1, -0.05) is 6.08 Å². The average molecular weight is 336 g/mol. The first-order valence-corrected chi connectivity index (χ1v) is 6.27. The van der Waals surface area contributed by atoms with Crippen LogP contribution in [0.2, 0.25) is 0 Å². The largest absolute Gasteiger partial charge is 0.469 e. The van der Waals surface area contributed by atoms with Crippen molar-refractivity contribution in [2.75, 3.05) is 0 Å². The van der Waals surface area contributed by atoms with E-state index < -0.39 is 45.0 Å². The Kier molecular flexibility index (Phi) is 4.25. The van der Waals surface area contributed by atoms with Crippen LogP contribution < -0.4 is 0 Å². The van der Waals surface area contributed by atoms with Crippen LogP contribution in [0.3, 0.4) is 0 Å². The van der Waals surface area contributed by atoms with Gasteiger partial charge in [-0.05, 0) is 12.2 Å². The Balaban J connectivity index is 3.25. The number of carbonyl (C=O) groups excluding carboxylic acids is 2. The third-order valence-electron chi connectivity index (χ3n) is 2.13. The van der Waals surface area contributed by atoms with Gasteiger partial charge in [-0.3, -0.25) is 14.1 Å². The second-order valence-corrected chi connectivity index (χ2v) is 5.15. The highest BCUT2D eigenvalue weighted by atomic mass is 32.2. The number of Topliss-reactive ketones (excluding diaryl/α,β-unsaturated/α-hetero) is 1. The summed E-state index contributed by atoms with van der Waals surface area (Å²) in [5.41, 5.74) is 0. The molecular formula is C9H5F5O6S. The molecule has 0 saturated heterocycles. The van der Waals surface area contributed by atoms with E-state index in [2.05, 4.69) is 4.74 Å². The van der Waals surface area contributed by atoms with Crippen molar-refractivity contribution in [3.05, 3.63) is 24.0 Å².